The molecule has 2 saturated heterocycles. The Morgan fingerprint density at radius 2 is 1.42 bits per heavy atom. The lowest BCUT2D eigenvalue weighted by Gasteiger charge is -2.05. The Bertz CT molecular complexity index is 328. The standard InChI is InChI=1S/C10H8O2/c1-2-4-6-5(3-1)7-9-10(12-9)8(6)11-7/h1-4,7-10H/t7-,8+,9-,10-/m1/s1. The molecule has 12 heavy (non-hydrogen) atoms. The summed E-state index contributed by atoms with van der Waals surface area (Å²) in [7, 11) is 0. The summed E-state index contributed by atoms with van der Waals surface area (Å²) in [6, 6.07) is 8.44. The van der Waals surface area contributed by atoms with E-state index in [2.05, 4.69) is 24.3 Å². The van der Waals surface area contributed by atoms with Crippen molar-refractivity contribution < 1.29 is 9.47 Å². The van der Waals surface area contributed by atoms with Crippen LogP contribution in [0.15, 0.2) is 24.3 Å². The van der Waals surface area contributed by atoms with E-state index in [0.29, 0.717) is 12.2 Å². The van der Waals surface area contributed by atoms with E-state index in [4.69, 9.17) is 9.47 Å². The number of fused-ring (bicyclic) bond motifs is 8. The first-order chi connectivity index (χ1) is 5.95. The van der Waals surface area contributed by atoms with E-state index in [9.17, 15) is 0 Å². The molecule has 3 aliphatic rings. The van der Waals surface area contributed by atoms with Crippen LogP contribution in [0.3, 0.4) is 0 Å². The van der Waals surface area contributed by atoms with Crippen LogP contribution in [0.5, 0.6) is 0 Å². The normalized spacial score (nSPS) is 45.7. The summed E-state index contributed by atoms with van der Waals surface area (Å²) in [5, 5.41) is 0. The molecule has 0 spiro atoms. The molecule has 4 rings (SSSR count). The predicted molar refractivity (Wildman–Crippen MR) is 41.7 cm³/mol. The maximum atomic E-state index is 5.78. The van der Waals surface area contributed by atoms with E-state index in [1.165, 1.54) is 11.1 Å². The largest absolute Gasteiger partial charge is 0.363 e. The van der Waals surface area contributed by atoms with Crippen LogP contribution in [0, 0.1) is 0 Å². The van der Waals surface area contributed by atoms with Crippen LogP contribution >= 0.6 is 0 Å². The number of hydrogen-bond donors (Lipinski definition) is 0. The Kier molecular flexibility index (Phi) is 0.755. The molecule has 0 amide bonds. The van der Waals surface area contributed by atoms with Gasteiger partial charge in [-0.25, -0.2) is 0 Å². The molecule has 0 N–H and O–H groups in total. The first kappa shape index (κ1) is 5.73. The average Bonchev–Trinajstić information content (AvgIpc) is 2.74. The van der Waals surface area contributed by atoms with Gasteiger partial charge in [-0.05, 0) is 11.1 Å². The van der Waals surface area contributed by atoms with Crippen molar-refractivity contribution in [3.8, 4) is 0 Å². The van der Waals surface area contributed by atoms with Gasteiger partial charge in [0.15, 0.2) is 0 Å². The third-order valence-corrected chi connectivity index (χ3v) is 3.06. The van der Waals surface area contributed by atoms with Crippen LogP contribution in [-0.4, -0.2) is 12.2 Å². The summed E-state index contributed by atoms with van der Waals surface area (Å²) >= 11 is 0. The Morgan fingerprint density at radius 1 is 0.833 bits per heavy atom. The number of benzene rings is 1. The molecule has 0 aliphatic carbocycles. The summed E-state index contributed by atoms with van der Waals surface area (Å²) in [6.07, 6.45) is 1.25. The highest BCUT2D eigenvalue weighted by atomic mass is 16.7. The first-order valence-electron chi connectivity index (χ1n) is 4.35. The van der Waals surface area contributed by atoms with Crippen molar-refractivity contribution in [3.05, 3.63) is 35.4 Å². The Labute approximate surface area is 70.1 Å². The fourth-order valence-electron chi connectivity index (χ4n) is 2.47. The molecular formula is C10H8O2. The molecule has 2 fully saturated rings. The van der Waals surface area contributed by atoms with E-state index < -0.39 is 0 Å². The van der Waals surface area contributed by atoms with E-state index in [-0.39, 0.29) is 12.2 Å². The Morgan fingerprint density at radius 3 is 2.00 bits per heavy atom. The van der Waals surface area contributed by atoms with Crippen LogP contribution in [0.1, 0.15) is 23.3 Å². The van der Waals surface area contributed by atoms with Crippen molar-refractivity contribution in [1.82, 2.24) is 0 Å². The summed E-state index contributed by atoms with van der Waals surface area (Å²) in [5.74, 6) is 0. The van der Waals surface area contributed by atoms with Gasteiger partial charge in [0.25, 0.3) is 0 Å². The van der Waals surface area contributed by atoms with Gasteiger partial charge in [-0.3, -0.25) is 0 Å². The number of hydrogen-bond acceptors (Lipinski definition) is 2. The summed E-state index contributed by atoms with van der Waals surface area (Å²) in [5.41, 5.74) is 2.70. The zero-order chi connectivity index (χ0) is 7.71. The topological polar surface area (TPSA) is 21.8 Å². The molecular weight excluding hydrogens is 152 g/mol. The molecule has 0 radical (unpaired) electrons. The molecule has 3 aliphatic heterocycles. The van der Waals surface area contributed by atoms with Gasteiger partial charge in [0.2, 0.25) is 0 Å². The molecule has 0 unspecified atom stereocenters. The molecule has 2 heteroatoms. The average molecular weight is 160 g/mol. The lowest BCUT2D eigenvalue weighted by atomic mass is 9.92. The summed E-state index contributed by atoms with van der Waals surface area (Å²) in [6.45, 7) is 0. The molecule has 0 saturated carbocycles. The van der Waals surface area contributed by atoms with E-state index in [1.54, 1.807) is 0 Å². The molecule has 1 aromatic carbocycles. The van der Waals surface area contributed by atoms with E-state index >= 15 is 0 Å². The van der Waals surface area contributed by atoms with Gasteiger partial charge in [-0.2, -0.15) is 0 Å². The quantitative estimate of drug-likeness (QED) is 0.537. The molecule has 60 valence electrons. The molecule has 2 bridgehead atoms. The predicted octanol–water partition coefficient (Wildman–Crippen LogP) is 1.58. The Balaban J connectivity index is 2.01. The van der Waals surface area contributed by atoms with Crippen LogP contribution in [0.4, 0.5) is 0 Å². The zero-order valence-electron chi connectivity index (χ0n) is 6.44. The SMILES string of the molecule is c1ccc2c(c1)[C@H]1O[C@@H]2[C@H]2O[C@@H]21. The number of ether oxygens (including phenoxy) is 2. The van der Waals surface area contributed by atoms with Crippen LogP contribution in [-0.2, 0) is 9.47 Å². The van der Waals surface area contributed by atoms with Gasteiger partial charge < -0.3 is 9.47 Å². The highest BCUT2D eigenvalue weighted by Crippen LogP contribution is 2.60. The van der Waals surface area contributed by atoms with Gasteiger partial charge in [-0.1, -0.05) is 24.3 Å². The van der Waals surface area contributed by atoms with Crippen molar-refractivity contribution in [2.45, 2.75) is 24.4 Å². The first-order valence-corrected chi connectivity index (χ1v) is 4.35. The molecule has 1 aromatic rings. The minimum Gasteiger partial charge on any atom is -0.363 e. The minimum atomic E-state index is 0.246. The van der Waals surface area contributed by atoms with Gasteiger partial charge >= 0.3 is 0 Å². The van der Waals surface area contributed by atoms with Crippen molar-refractivity contribution in [2.24, 2.45) is 0 Å². The van der Waals surface area contributed by atoms with Crippen LogP contribution in [0.2, 0.25) is 0 Å². The van der Waals surface area contributed by atoms with Crippen molar-refractivity contribution in [1.29, 1.82) is 0 Å². The van der Waals surface area contributed by atoms with Crippen molar-refractivity contribution >= 4 is 0 Å². The minimum absolute atomic E-state index is 0.246. The van der Waals surface area contributed by atoms with E-state index in [0.717, 1.165) is 0 Å². The maximum Gasteiger partial charge on any atom is 0.118 e. The molecule has 2 nitrogen and oxygen atoms in total. The smallest absolute Gasteiger partial charge is 0.118 e. The van der Waals surface area contributed by atoms with Gasteiger partial charge in [0.1, 0.15) is 24.4 Å². The summed E-state index contributed by atoms with van der Waals surface area (Å²) < 4.78 is 11.3. The number of epoxide rings is 1. The second-order valence-corrected chi connectivity index (χ2v) is 3.67. The lowest BCUT2D eigenvalue weighted by Crippen LogP contribution is -2.06. The molecule has 3 heterocycles. The van der Waals surface area contributed by atoms with E-state index in [1.807, 2.05) is 0 Å². The molecule has 4 atom stereocenters. The van der Waals surface area contributed by atoms with Crippen LogP contribution in [0.25, 0.3) is 0 Å². The maximum absolute atomic E-state index is 5.78. The monoisotopic (exact) mass is 160 g/mol. The fraction of sp³-hybridized carbons (Fsp3) is 0.400. The Hall–Kier alpha value is -0.860. The second-order valence-electron chi connectivity index (χ2n) is 3.67. The van der Waals surface area contributed by atoms with Gasteiger partial charge in [0, 0.05) is 0 Å². The van der Waals surface area contributed by atoms with Crippen molar-refractivity contribution in [2.75, 3.05) is 0 Å². The van der Waals surface area contributed by atoms with Gasteiger partial charge in [0.05, 0.1) is 0 Å². The fourth-order valence-corrected chi connectivity index (χ4v) is 2.47. The third-order valence-electron chi connectivity index (χ3n) is 3.06. The second kappa shape index (κ2) is 1.58. The third kappa shape index (κ3) is 0.464. The zero-order valence-corrected chi connectivity index (χ0v) is 6.44. The van der Waals surface area contributed by atoms with Crippen LogP contribution < -0.4 is 0 Å². The highest BCUT2D eigenvalue weighted by molar-refractivity contribution is 5.42. The van der Waals surface area contributed by atoms with Crippen molar-refractivity contribution in [3.63, 3.8) is 0 Å². The summed E-state index contributed by atoms with van der Waals surface area (Å²) in [4.78, 5) is 0. The molecule has 0 aromatic heterocycles. The lowest BCUT2D eigenvalue weighted by molar-refractivity contribution is -0.00903. The van der Waals surface area contributed by atoms with Gasteiger partial charge in [-0.15, -0.1) is 0 Å². The highest BCUT2D eigenvalue weighted by Gasteiger charge is 2.63. The number of rotatable bonds is 0.